The summed E-state index contributed by atoms with van der Waals surface area (Å²) in [5, 5.41) is 2.82. The van der Waals surface area contributed by atoms with Crippen LogP contribution in [-0.2, 0) is 9.59 Å². The van der Waals surface area contributed by atoms with E-state index in [2.05, 4.69) is 5.32 Å². The number of hydrogen-bond donors (Lipinski definition) is 1. The van der Waals surface area contributed by atoms with E-state index in [4.69, 9.17) is 0 Å². The fourth-order valence-electron chi connectivity index (χ4n) is 2.17. The van der Waals surface area contributed by atoms with Crippen LogP contribution in [0.4, 0.5) is 0 Å². The molecule has 16 heavy (non-hydrogen) atoms. The second-order valence-electron chi connectivity index (χ2n) is 4.89. The molecular formula is C12H20N2O2. The number of hydrogen-bond acceptors (Lipinski definition) is 2. The van der Waals surface area contributed by atoms with Gasteiger partial charge in [-0.3, -0.25) is 9.59 Å². The van der Waals surface area contributed by atoms with Crippen molar-refractivity contribution in [1.82, 2.24) is 10.2 Å². The van der Waals surface area contributed by atoms with Crippen LogP contribution in [-0.4, -0.2) is 35.8 Å². The van der Waals surface area contributed by atoms with Crippen LogP contribution in [0, 0.1) is 5.92 Å². The first-order valence-corrected chi connectivity index (χ1v) is 6.29. The zero-order valence-electron chi connectivity index (χ0n) is 9.87. The molecule has 1 heterocycles. The largest absolute Gasteiger partial charge is 0.344 e. The first kappa shape index (κ1) is 11.4. The molecule has 0 spiro atoms. The van der Waals surface area contributed by atoms with Crippen molar-refractivity contribution >= 4 is 11.8 Å². The van der Waals surface area contributed by atoms with Gasteiger partial charge in [-0.15, -0.1) is 0 Å². The van der Waals surface area contributed by atoms with Crippen LogP contribution in [0.3, 0.4) is 0 Å². The van der Waals surface area contributed by atoms with Crippen LogP contribution in [0.2, 0.25) is 0 Å². The lowest BCUT2D eigenvalue weighted by Crippen LogP contribution is -2.45. The number of nitrogens with one attached hydrogen (secondary N) is 1. The average Bonchev–Trinajstić information content (AvgIpc) is 3.06. The Labute approximate surface area is 96.4 Å². The van der Waals surface area contributed by atoms with Gasteiger partial charge >= 0.3 is 0 Å². The van der Waals surface area contributed by atoms with E-state index in [1.165, 1.54) is 12.8 Å². The Morgan fingerprint density at radius 3 is 2.75 bits per heavy atom. The second kappa shape index (κ2) is 4.85. The van der Waals surface area contributed by atoms with Gasteiger partial charge in [0.1, 0.15) is 6.04 Å². The van der Waals surface area contributed by atoms with Crippen molar-refractivity contribution in [3.05, 3.63) is 0 Å². The third kappa shape index (κ3) is 2.74. The quantitative estimate of drug-likeness (QED) is 0.771. The maximum Gasteiger partial charge on any atom is 0.245 e. The van der Waals surface area contributed by atoms with E-state index in [0.29, 0.717) is 18.9 Å². The average molecular weight is 224 g/mol. The van der Waals surface area contributed by atoms with Gasteiger partial charge < -0.3 is 10.2 Å². The molecule has 0 aromatic heterocycles. The molecule has 0 bridgehead atoms. The second-order valence-corrected chi connectivity index (χ2v) is 4.89. The molecule has 1 N–H and O–H groups in total. The normalized spacial score (nSPS) is 26.6. The summed E-state index contributed by atoms with van der Waals surface area (Å²) >= 11 is 0. The van der Waals surface area contributed by atoms with Crippen LogP contribution in [0.25, 0.3) is 0 Å². The van der Waals surface area contributed by atoms with Crippen molar-refractivity contribution in [3.63, 3.8) is 0 Å². The Morgan fingerprint density at radius 1 is 1.38 bits per heavy atom. The summed E-state index contributed by atoms with van der Waals surface area (Å²) in [6.07, 6.45) is 4.62. The Balaban J connectivity index is 2.00. The highest BCUT2D eigenvalue weighted by Crippen LogP contribution is 2.30. The third-order valence-electron chi connectivity index (χ3n) is 3.31. The lowest BCUT2D eigenvalue weighted by atomic mass is 10.1. The molecule has 0 aromatic rings. The number of carbonyl (C=O) groups is 2. The molecule has 1 aliphatic heterocycles. The molecule has 1 saturated carbocycles. The predicted molar refractivity (Wildman–Crippen MR) is 60.8 cm³/mol. The minimum Gasteiger partial charge on any atom is -0.344 e. The molecule has 90 valence electrons. The van der Waals surface area contributed by atoms with Crippen molar-refractivity contribution in [2.24, 2.45) is 5.92 Å². The molecule has 1 unspecified atom stereocenters. The molecule has 1 atom stereocenters. The Hall–Kier alpha value is -1.06. The zero-order valence-corrected chi connectivity index (χ0v) is 9.87. The molecular weight excluding hydrogens is 204 g/mol. The number of amides is 2. The molecule has 2 fully saturated rings. The molecule has 2 aliphatic rings. The van der Waals surface area contributed by atoms with Crippen molar-refractivity contribution < 1.29 is 9.59 Å². The van der Waals surface area contributed by atoms with Crippen molar-refractivity contribution in [2.45, 2.75) is 45.1 Å². The molecule has 0 radical (unpaired) electrons. The lowest BCUT2D eigenvalue weighted by Gasteiger charge is -2.23. The molecule has 4 heteroatoms. The van der Waals surface area contributed by atoms with Gasteiger partial charge in [-0.25, -0.2) is 0 Å². The zero-order chi connectivity index (χ0) is 11.5. The number of carbonyl (C=O) groups excluding carboxylic acids is 2. The summed E-state index contributed by atoms with van der Waals surface area (Å²) in [5.74, 6) is 0.837. The molecule has 2 amide bonds. The SMILES string of the molecule is CCCC1NC(=O)CCN(CC2CC2)C1=O. The van der Waals surface area contributed by atoms with Gasteiger partial charge in [0.2, 0.25) is 11.8 Å². The fourth-order valence-corrected chi connectivity index (χ4v) is 2.17. The Kier molecular flexibility index (Phi) is 3.46. The van der Waals surface area contributed by atoms with Gasteiger partial charge in [-0.2, -0.15) is 0 Å². The fraction of sp³-hybridized carbons (Fsp3) is 0.833. The van der Waals surface area contributed by atoms with E-state index >= 15 is 0 Å². The summed E-state index contributed by atoms with van der Waals surface area (Å²) in [5.41, 5.74) is 0. The topological polar surface area (TPSA) is 49.4 Å². The first-order chi connectivity index (χ1) is 7.70. The lowest BCUT2D eigenvalue weighted by molar-refractivity contribution is -0.133. The Bertz CT molecular complexity index is 287. The van der Waals surface area contributed by atoms with Gasteiger partial charge in [0, 0.05) is 19.5 Å². The van der Waals surface area contributed by atoms with E-state index in [1.807, 2.05) is 11.8 Å². The van der Waals surface area contributed by atoms with E-state index in [0.717, 1.165) is 19.4 Å². The molecule has 2 rings (SSSR count). The van der Waals surface area contributed by atoms with Crippen molar-refractivity contribution in [3.8, 4) is 0 Å². The molecule has 4 nitrogen and oxygen atoms in total. The number of rotatable bonds is 4. The highest BCUT2D eigenvalue weighted by Gasteiger charge is 2.32. The number of nitrogens with zero attached hydrogens (tertiary/aromatic N) is 1. The van der Waals surface area contributed by atoms with Gasteiger partial charge in [0.25, 0.3) is 0 Å². The van der Waals surface area contributed by atoms with Crippen LogP contribution >= 0.6 is 0 Å². The van der Waals surface area contributed by atoms with E-state index in [-0.39, 0.29) is 17.9 Å². The van der Waals surface area contributed by atoms with E-state index in [9.17, 15) is 9.59 Å². The van der Waals surface area contributed by atoms with Gasteiger partial charge in [0.15, 0.2) is 0 Å². The van der Waals surface area contributed by atoms with Gasteiger partial charge in [-0.05, 0) is 25.2 Å². The summed E-state index contributed by atoms with van der Waals surface area (Å²) in [4.78, 5) is 25.5. The van der Waals surface area contributed by atoms with Crippen LogP contribution in [0.1, 0.15) is 39.0 Å². The summed E-state index contributed by atoms with van der Waals surface area (Å²) in [6.45, 7) is 3.49. The minimum atomic E-state index is -0.279. The van der Waals surface area contributed by atoms with Gasteiger partial charge in [-0.1, -0.05) is 13.3 Å². The summed E-state index contributed by atoms with van der Waals surface area (Å²) in [6, 6.07) is -0.279. The monoisotopic (exact) mass is 224 g/mol. The first-order valence-electron chi connectivity index (χ1n) is 6.29. The van der Waals surface area contributed by atoms with Crippen molar-refractivity contribution in [2.75, 3.05) is 13.1 Å². The maximum absolute atomic E-state index is 12.2. The van der Waals surface area contributed by atoms with Crippen LogP contribution < -0.4 is 5.32 Å². The third-order valence-corrected chi connectivity index (χ3v) is 3.31. The molecule has 1 aliphatic carbocycles. The smallest absolute Gasteiger partial charge is 0.245 e. The summed E-state index contributed by atoms with van der Waals surface area (Å²) < 4.78 is 0. The van der Waals surface area contributed by atoms with Crippen molar-refractivity contribution in [1.29, 1.82) is 0 Å². The maximum atomic E-state index is 12.2. The highest BCUT2D eigenvalue weighted by molar-refractivity contribution is 5.89. The van der Waals surface area contributed by atoms with E-state index < -0.39 is 0 Å². The standard InChI is InChI=1S/C12H20N2O2/c1-2-3-10-12(16)14(8-9-4-5-9)7-6-11(15)13-10/h9-10H,2-8H2,1H3,(H,13,15). The van der Waals surface area contributed by atoms with Crippen LogP contribution in [0.5, 0.6) is 0 Å². The molecule has 0 aromatic carbocycles. The highest BCUT2D eigenvalue weighted by atomic mass is 16.2. The van der Waals surface area contributed by atoms with Crippen LogP contribution in [0.15, 0.2) is 0 Å². The van der Waals surface area contributed by atoms with Gasteiger partial charge in [0.05, 0.1) is 0 Å². The van der Waals surface area contributed by atoms with E-state index in [1.54, 1.807) is 0 Å². The molecule has 1 saturated heterocycles. The Morgan fingerprint density at radius 2 is 2.12 bits per heavy atom. The minimum absolute atomic E-state index is 0.0186. The predicted octanol–water partition coefficient (Wildman–Crippen LogP) is 0.914. The summed E-state index contributed by atoms with van der Waals surface area (Å²) in [7, 11) is 0.